The molecular weight excluding hydrogens is 741 g/mol. The topological polar surface area (TPSA) is 76.7 Å². The Kier molecular flexibility index (Phi) is 52.4. The average Bonchev–Trinajstić information content (AvgIpc) is 3.25. The number of nitrogens with one attached hydrogen (secondary N) is 2. The molecule has 6 nitrogen and oxygen atoms in total. The average molecular weight is 849 g/mol. The van der Waals surface area contributed by atoms with Crippen LogP contribution < -0.4 is 10.6 Å². The van der Waals surface area contributed by atoms with Gasteiger partial charge >= 0.3 is 12.2 Å². The van der Waals surface area contributed by atoms with Crippen LogP contribution >= 0.6 is 0 Å². The van der Waals surface area contributed by atoms with Crippen LogP contribution in [0.15, 0.2) is 0 Å². The van der Waals surface area contributed by atoms with Gasteiger partial charge in [-0.15, -0.1) is 0 Å². The van der Waals surface area contributed by atoms with E-state index < -0.39 is 0 Å². The van der Waals surface area contributed by atoms with E-state index in [1.807, 2.05) is 0 Å². The first kappa shape index (κ1) is 58.5. The Hall–Kier alpha value is -1.46. The highest BCUT2D eigenvalue weighted by atomic mass is 16.6. The second kappa shape index (κ2) is 53.7. The number of rotatable bonds is 51. The van der Waals surface area contributed by atoms with E-state index in [2.05, 4.69) is 24.5 Å². The monoisotopic (exact) mass is 849 g/mol. The van der Waals surface area contributed by atoms with E-state index in [-0.39, 0.29) is 12.2 Å². The molecule has 0 fully saturated rings. The summed E-state index contributed by atoms with van der Waals surface area (Å²) in [5.41, 5.74) is 0. The second-order valence-corrected chi connectivity index (χ2v) is 18.7. The first-order valence-electron chi connectivity index (χ1n) is 27.5. The Morgan fingerprint density at radius 3 is 0.617 bits per heavy atom. The molecule has 2 amide bonds. The Morgan fingerprint density at radius 2 is 0.417 bits per heavy atom. The fourth-order valence-electron chi connectivity index (χ4n) is 8.48. The summed E-state index contributed by atoms with van der Waals surface area (Å²) in [6.07, 6.45) is 61.1. The van der Waals surface area contributed by atoms with Gasteiger partial charge in [0.05, 0.1) is 13.2 Å². The van der Waals surface area contributed by atoms with E-state index in [0.717, 1.165) is 51.4 Å². The number of hydrogen-bond acceptors (Lipinski definition) is 4. The number of amides is 2. The summed E-state index contributed by atoms with van der Waals surface area (Å²) in [5, 5.41) is 5.75. The third-order valence-electron chi connectivity index (χ3n) is 12.6. The van der Waals surface area contributed by atoms with E-state index >= 15 is 0 Å². The molecule has 0 aromatic heterocycles. The molecule has 0 unspecified atom stereocenters. The van der Waals surface area contributed by atoms with Gasteiger partial charge in [0, 0.05) is 13.1 Å². The molecule has 0 rings (SSSR count). The predicted octanol–water partition coefficient (Wildman–Crippen LogP) is 18.4. The maximum Gasteiger partial charge on any atom is 0.407 e. The molecule has 0 aromatic carbocycles. The van der Waals surface area contributed by atoms with Gasteiger partial charge in [-0.2, -0.15) is 0 Å². The van der Waals surface area contributed by atoms with Crippen LogP contribution in [0.25, 0.3) is 0 Å². The standard InChI is InChI=1S/C54H108N2O4/c1-3-5-7-9-11-13-15-17-19-21-23-25-27-29-31-33-35-37-39-43-47-51-59-53(57)55-49-45-41-42-46-50-56-54(58)60-52-48-44-40-38-36-34-32-30-28-26-24-22-20-18-16-14-12-10-8-6-4-2/h3-52H2,1-2H3,(H,55,57)(H,56,58). The van der Waals surface area contributed by atoms with Crippen LogP contribution in [0.5, 0.6) is 0 Å². The lowest BCUT2D eigenvalue weighted by Gasteiger charge is -2.08. The minimum atomic E-state index is -0.289. The van der Waals surface area contributed by atoms with E-state index in [1.54, 1.807) is 0 Å². The third kappa shape index (κ3) is 52.7. The SMILES string of the molecule is CCCCCCCCCCCCCCCCCCCCCCCOC(=O)NCCCCCCNC(=O)OCCCCCCCCCCCCCCCCCCCCCCC. The minimum Gasteiger partial charge on any atom is -0.450 e. The molecule has 0 aliphatic carbocycles. The normalized spacial score (nSPS) is 11.3. The van der Waals surface area contributed by atoms with Crippen LogP contribution in [0.4, 0.5) is 9.59 Å². The number of hydrogen-bond donors (Lipinski definition) is 2. The molecule has 0 aliphatic rings. The van der Waals surface area contributed by atoms with Gasteiger partial charge in [-0.05, 0) is 25.7 Å². The highest BCUT2D eigenvalue weighted by Crippen LogP contribution is 2.17. The zero-order valence-electron chi connectivity index (χ0n) is 41.0. The van der Waals surface area contributed by atoms with Crippen LogP contribution in [0.2, 0.25) is 0 Å². The summed E-state index contributed by atoms with van der Waals surface area (Å²) in [4.78, 5) is 23.9. The van der Waals surface area contributed by atoms with Gasteiger partial charge in [-0.1, -0.05) is 284 Å². The summed E-state index contributed by atoms with van der Waals surface area (Å²) in [5.74, 6) is 0. The van der Waals surface area contributed by atoms with Gasteiger partial charge in [-0.25, -0.2) is 9.59 Å². The summed E-state index contributed by atoms with van der Waals surface area (Å²) in [6, 6.07) is 0. The molecule has 6 heteroatoms. The fraction of sp³-hybridized carbons (Fsp3) is 0.963. The highest BCUT2D eigenvalue weighted by Gasteiger charge is 2.04. The van der Waals surface area contributed by atoms with Crippen molar-refractivity contribution in [2.45, 2.75) is 309 Å². The van der Waals surface area contributed by atoms with Crippen molar-refractivity contribution in [1.82, 2.24) is 10.6 Å². The van der Waals surface area contributed by atoms with Gasteiger partial charge in [0.25, 0.3) is 0 Å². The number of ether oxygens (including phenoxy) is 2. The van der Waals surface area contributed by atoms with Crippen molar-refractivity contribution in [3.05, 3.63) is 0 Å². The van der Waals surface area contributed by atoms with Crippen molar-refractivity contribution < 1.29 is 19.1 Å². The van der Waals surface area contributed by atoms with Crippen LogP contribution in [-0.4, -0.2) is 38.5 Å². The van der Waals surface area contributed by atoms with Gasteiger partial charge in [0.15, 0.2) is 0 Å². The van der Waals surface area contributed by atoms with E-state index in [0.29, 0.717) is 26.3 Å². The Balaban J connectivity index is 3.22. The summed E-state index contributed by atoms with van der Waals surface area (Å²) >= 11 is 0. The molecule has 2 N–H and O–H groups in total. The lowest BCUT2D eigenvalue weighted by atomic mass is 10.0. The van der Waals surface area contributed by atoms with Crippen molar-refractivity contribution in [3.8, 4) is 0 Å². The zero-order chi connectivity index (χ0) is 43.3. The molecule has 0 atom stereocenters. The molecule has 0 heterocycles. The first-order valence-corrected chi connectivity index (χ1v) is 27.5. The molecule has 0 saturated carbocycles. The number of carbonyl (C=O) groups is 2. The maximum atomic E-state index is 12.0. The van der Waals surface area contributed by atoms with Crippen molar-refractivity contribution >= 4 is 12.2 Å². The quantitative estimate of drug-likeness (QED) is 0.0598. The van der Waals surface area contributed by atoms with Gasteiger partial charge < -0.3 is 20.1 Å². The Labute approximate surface area is 376 Å². The van der Waals surface area contributed by atoms with Crippen LogP contribution in [0, 0.1) is 0 Å². The third-order valence-corrected chi connectivity index (χ3v) is 12.6. The second-order valence-electron chi connectivity index (χ2n) is 18.7. The maximum absolute atomic E-state index is 12.0. The summed E-state index contributed by atoms with van der Waals surface area (Å²) < 4.78 is 10.7. The zero-order valence-corrected chi connectivity index (χ0v) is 41.0. The molecule has 0 aliphatic heterocycles. The Bertz CT molecular complexity index is 758. The molecule has 0 aromatic rings. The molecule has 0 radical (unpaired) electrons. The molecular formula is C54H108N2O4. The predicted molar refractivity (Wildman–Crippen MR) is 262 cm³/mol. The van der Waals surface area contributed by atoms with Gasteiger partial charge in [0.2, 0.25) is 0 Å². The fourth-order valence-corrected chi connectivity index (χ4v) is 8.48. The molecule has 358 valence electrons. The summed E-state index contributed by atoms with van der Waals surface area (Å²) in [7, 11) is 0. The number of alkyl carbamates (subject to hydrolysis) is 2. The number of carbonyl (C=O) groups excluding carboxylic acids is 2. The lowest BCUT2D eigenvalue weighted by Crippen LogP contribution is -2.26. The van der Waals surface area contributed by atoms with E-state index in [4.69, 9.17) is 9.47 Å². The first-order chi connectivity index (χ1) is 29.7. The van der Waals surface area contributed by atoms with Crippen LogP contribution in [-0.2, 0) is 9.47 Å². The van der Waals surface area contributed by atoms with Gasteiger partial charge in [0.1, 0.15) is 0 Å². The van der Waals surface area contributed by atoms with Crippen molar-refractivity contribution in [2.75, 3.05) is 26.3 Å². The van der Waals surface area contributed by atoms with Crippen molar-refractivity contribution in [2.24, 2.45) is 0 Å². The highest BCUT2D eigenvalue weighted by molar-refractivity contribution is 5.67. The van der Waals surface area contributed by atoms with Crippen LogP contribution in [0.3, 0.4) is 0 Å². The van der Waals surface area contributed by atoms with Crippen LogP contribution in [0.1, 0.15) is 309 Å². The van der Waals surface area contributed by atoms with Gasteiger partial charge in [-0.3, -0.25) is 0 Å². The van der Waals surface area contributed by atoms with E-state index in [1.165, 1.54) is 244 Å². The molecule has 0 saturated heterocycles. The Morgan fingerprint density at radius 1 is 0.250 bits per heavy atom. The lowest BCUT2D eigenvalue weighted by molar-refractivity contribution is 0.142. The van der Waals surface area contributed by atoms with Crippen molar-refractivity contribution in [1.29, 1.82) is 0 Å². The number of unbranched alkanes of at least 4 members (excludes halogenated alkanes) is 43. The minimum absolute atomic E-state index is 0.289. The smallest absolute Gasteiger partial charge is 0.407 e. The summed E-state index contributed by atoms with van der Waals surface area (Å²) in [6.45, 7) is 6.92. The van der Waals surface area contributed by atoms with E-state index in [9.17, 15) is 9.59 Å². The van der Waals surface area contributed by atoms with Crippen molar-refractivity contribution in [3.63, 3.8) is 0 Å². The molecule has 60 heavy (non-hydrogen) atoms. The largest absolute Gasteiger partial charge is 0.450 e. The molecule has 0 bridgehead atoms. The molecule has 0 spiro atoms.